The van der Waals surface area contributed by atoms with Gasteiger partial charge in [0.25, 0.3) is 0 Å². The van der Waals surface area contributed by atoms with Crippen molar-refractivity contribution in [3.63, 3.8) is 0 Å². The first-order valence-electron chi connectivity index (χ1n) is 6.09. The Morgan fingerprint density at radius 2 is 2.35 bits per heavy atom. The van der Waals surface area contributed by atoms with Crippen LogP contribution in [0.5, 0.6) is 0 Å². The van der Waals surface area contributed by atoms with Crippen LogP contribution in [0.1, 0.15) is 26.2 Å². The van der Waals surface area contributed by atoms with Gasteiger partial charge in [0.05, 0.1) is 0 Å². The highest BCUT2D eigenvalue weighted by Gasteiger charge is 1.94. The molecule has 0 fully saturated rings. The molecule has 0 saturated carbocycles. The number of hydrogen-bond donors (Lipinski definition) is 3. The molecule has 0 amide bonds. The maximum absolute atomic E-state index is 5.37. The first-order chi connectivity index (χ1) is 8.36. The fraction of sp³-hybridized carbons (Fsp3) is 0.636. The fourth-order valence-corrected chi connectivity index (χ4v) is 1.39. The van der Waals surface area contributed by atoms with E-state index in [0.717, 1.165) is 38.9 Å². The molecule has 0 atom stereocenters. The quantitative estimate of drug-likeness (QED) is 0.212. The van der Waals surface area contributed by atoms with E-state index in [1.807, 2.05) is 16.9 Å². The number of rotatable bonds is 7. The molecule has 0 radical (unpaired) electrons. The van der Waals surface area contributed by atoms with Gasteiger partial charge in [0.15, 0.2) is 0 Å². The molecular formula is C11H22N6. The predicted octanol–water partition coefficient (Wildman–Crippen LogP) is 0.482. The number of nitrogens with zero attached hydrogens (tertiary/aromatic N) is 3. The molecule has 1 aromatic rings. The average Bonchev–Trinajstić information content (AvgIpc) is 2.85. The van der Waals surface area contributed by atoms with Crippen molar-refractivity contribution in [2.75, 3.05) is 13.1 Å². The highest BCUT2D eigenvalue weighted by atomic mass is 15.3. The topological polar surface area (TPSA) is 80.3 Å². The van der Waals surface area contributed by atoms with E-state index in [2.05, 4.69) is 27.8 Å². The average molecular weight is 238 g/mol. The summed E-state index contributed by atoms with van der Waals surface area (Å²) in [6.45, 7) is 4.67. The van der Waals surface area contributed by atoms with Crippen LogP contribution in [0.15, 0.2) is 23.5 Å². The summed E-state index contributed by atoms with van der Waals surface area (Å²) in [5.74, 6) is 6.04. The number of aromatic nitrogens is 2. The molecule has 6 heteroatoms. The number of unbranched alkanes of at least 4 members (excludes halogenated alkanes) is 1. The summed E-state index contributed by atoms with van der Waals surface area (Å²) in [6.07, 6.45) is 6.95. The monoisotopic (exact) mass is 238 g/mol. The van der Waals surface area contributed by atoms with Crippen LogP contribution in [0.3, 0.4) is 0 Å². The molecule has 0 saturated heterocycles. The molecule has 0 aliphatic carbocycles. The van der Waals surface area contributed by atoms with Gasteiger partial charge in [0.1, 0.15) is 0 Å². The van der Waals surface area contributed by atoms with Crippen LogP contribution in [-0.4, -0.2) is 28.8 Å². The summed E-state index contributed by atoms with van der Waals surface area (Å²) in [7, 11) is 0. The molecule has 1 rings (SSSR count). The Bertz CT molecular complexity index is 306. The zero-order chi connectivity index (χ0) is 12.3. The second-order valence-corrected chi connectivity index (χ2v) is 3.78. The largest absolute Gasteiger partial charge is 0.355 e. The Kier molecular flexibility index (Phi) is 6.81. The van der Waals surface area contributed by atoms with E-state index in [9.17, 15) is 0 Å². The van der Waals surface area contributed by atoms with Gasteiger partial charge in [0, 0.05) is 32.0 Å². The van der Waals surface area contributed by atoms with Crippen molar-refractivity contribution in [3.05, 3.63) is 18.5 Å². The van der Waals surface area contributed by atoms with Crippen LogP contribution in [0.2, 0.25) is 0 Å². The van der Waals surface area contributed by atoms with E-state index < -0.39 is 0 Å². The summed E-state index contributed by atoms with van der Waals surface area (Å²) in [5, 5.41) is 7.28. The van der Waals surface area contributed by atoms with Gasteiger partial charge >= 0.3 is 0 Å². The molecular weight excluding hydrogens is 216 g/mol. The second kappa shape index (κ2) is 8.58. The summed E-state index contributed by atoms with van der Waals surface area (Å²) < 4.78 is 1.90. The van der Waals surface area contributed by atoms with E-state index in [1.165, 1.54) is 0 Å². The number of nitrogens with one attached hydrogen (secondary N) is 2. The second-order valence-electron chi connectivity index (χ2n) is 3.78. The normalized spacial score (nSPS) is 11.5. The van der Waals surface area contributed by atoms with Crippen molar-refractivity contribution >= 4 is 5.96 Å². The molecule has 96 valence electrons. The van der Waals surface area contributed by atoms with Crippen LogP contribution in [-0.2, 0) is 6.54 Å². The van der Waals surface area contributed by atoms with Gasteiger partial charge in [-0.05, 0) is 18.9 Å². The third-order valence-electron chi connectivity index (χ3n) is 2.33. The Morgan fingerprint density at radius 3 is 3.00 bits per heavy atom. The minimum Gasteiger partial charge on any atom is -0.355 e. The molecule has 0 aliphatic heterocycles. The van der Waals surface area contributed by atoms with Crippen molar-refractivity contribution in [1.29, 1.82) is 0 Å². The van der Waals surface area contributed by atoms with Crippen molar-refractivity contribution < 1.29 is 0 Å². The van der Waals surface area contributed by atoms with Crippen molar-refractivity contribution in [1.82, 2.24) is 20.5 Å². The molecule has 0 unspecified atom stereocenters. The molecule has 4 N–H and O–H groups in total. The summed E-state index contributed by atoms with van der Waals surface area (Å²) in [5.41, 5.74) is 2.57. The Hall–Kier alpha value is -1.56. The number of aryl methyl sites for hydroxylation is 1. The fourth-order valence-electron chi connectivity index (χ4n) is 1.39. The van der Waals surface area contributed by atoms with Crippen LogP contribution < -0.4 is 16.6 Å². The van der Waals surface area contributed by atoms with Crippen LogP contribution >= 0.6 is 0 Å². The van der Waals surface area contributed by atoms with Gasteiger partial charge in [-0.1, -0.05) is 13.3 Å². The third kappa shape index (κ3) is 5.91. The molecule has 0 aromatic carbocycles. The van der Waals surface area contributed by atoms with E-state index in [-0.39, 0.29) is 0 Å². The third-order valence-corrected chi connectivity index (χ3v) is 2.33. The van der Waals surface area contributed by atoms with Crippen molar-refractivity contribution in [3.8, 4) is 0 Å². The maximum atomic E-state index is 5.37. The molecule has 0 aliphatic rings. The first kappa shape index (κ1) is 13.5. The minimum absolute atomic E-state index is 0.666. The molecule has 17 heavy (non-hydrogen) atoms. The Balaban J connectivity index is 2.16. The number of hydrazine groups is 1. The molecule has 6 nitrogen and oxygen atoms in total. The van der Waals surface area contributed by atoms with E-state index >= 15 is 0 Å². The lowest BCUT2D eigenvalue weighted by Gasteiger charge is -2.08. The first-order valence-corrected chi connectivity index (χ1v) is 6.09. The van der Waals surface area contributed by atoms with Crippen molar-refractivity contribution in [2.45, 2.75) is 32.7 Å². The lowest BCUT2D eigenvalue weighted by molar-refractivity contribution is 0.583. The smallest absolute Gasteiger partial charge is 0.205 e. The van der Waals surface area contributed by atoms with E-state index in [1.54, 1.807) is 6.20 Å². The predicted molar refractivity (Wildman–Crippen MR) is 69.4 cm³/mol. The van der Waals surface area contributed by atoms with Gasteiger partial charge in [-0.15, -0.1) is 0 Å². The number of guanidine groups is 1. The summed E-state index contributed by atoms with van der Waals surface area (Å²) in [4.78, 5) is 4.34. The van der Waals surface area contributed by atoms with E-state index in [0.29, 0.717) is 5.96 Å². The summed E-state index contributed by atoms with van der Waals surface area (Å²) in [6, 6.07) is 1.92. The minimum atomic E-state index is 0.666. The molecule has 0 bridgehead atoms. The summed E-state index contributed by atoms with van der Waals surface area (Å²) >= 11 is 0. The van der Waals surface area contributed by atoms with Gasteiger partial charge < -0.3 is 5.32 Å². The zero-order valence-electron chi connectivity index (χ0n) is 10.4. The van der Waals surface area contributed by atoms with Crippen LogP contribution in [0, 0.1) is 0 Å². The highest BCUT2D eigenvalue weighted by molar-refractivity contribution is 5.79. The van der Waals surface area contributed by atoms with Crippen LogP contribution in [0.4, 0.5) is 0 Å². The van der Waals surface area contributed by atoms with Gasteiger partial charge in [-0.2, -0.15) is 5.10 Å². The Labute approximate surface area is 102 Å². The van der Waals surface area contributed by atoms with Crippen molar-refractivity contribution in [2.24, 2.45) is 10.8 Å². The van der Waals surface area contributed by atoms with E-state index in [4.69, 9.17) is 5.84 Å². The Morgan fingerprint density at radius 1 is 1.47 bits per heavy atom. The molecule has 1 aromatic heterocycles. The number of nitrogens with two attached hydrogens (primary N) is 1. The standard InChI is InChI=1S/C11H22N6/c1-2-3-6-13-11(16-12)14-7-4-9-17-10-5-8-15-17/h5,8,10H,2-4,6-7,9,12H2,1H3,(H2,13,14,16). The number of hydrogen-bond acceptors (Lipinski definition) is 3. The van der Waals surface area contributed by atoms with Crippen LogP contribution in [0.25, 0.3) is 0 Å². The highest BCUT2D eigenvalue weighted by Crippen LogP contribution is 1.90. The lowest BCUT2D eigenvalue weighted by Crippen LogP contribution is -2.42. The maximum Gasteiger partial charge on any atom is 0.205 e. The van der Waals surface area contributed by atoms with Gasteiger partial charge in [-0.25, -0.2) is 5.84 Å². The lowest BCUT2D eigenvalue weighted by atomic mass is 10.3. The van der Waals surface area contributed by atoms with Gasteiger partial charge in [0.2, 0.25) is 5.96 Å². The SMILES string of the molecule is CCCCNC(=NCCCn1cccn1)NN. The zero-order valence-corrected chi connectivity index (χ0v) is 10.4. The molecule has 1 heterocycles. The molecule has 0 spiro atoms. The van der Waals surface area contributed by atoms with Gasteiger partial charge in [-0.3, -0.25) is 15.1 Å². The number of aliphatic imine (C=N–C) groups is 1.